The van der Waals surface area contributed by atoms with Gasteiger partial charge in [0.25, 0.3) is 0 Å². The fourth-order valence-electron chi connectivity index (χ4n) is 1.45. The Morgan fingerprint density at radius 2 is 2.26 bits per heavy atom. The minimum Gasteiger partial charge on any atom is -0.471 e. The molecule has 0 amide bonds. The molecule has 0 fully saturated rings. The van der Waals surface area contributed by atoms with Gasteiger partial charge in [0, 0.05) is 5.02 Å². The SMILES string of the molecule is N/C(=N/O)c1ccnnc1OCc1cccc(Cl)c1. The Morgan fingerprint density at radius 1 is 1.42 bits per heavy atom. The maximum Gasteiger partial charge on any atom is 0.244 e. The minimum absolute atomic E-state index is 0.0870. The van der Waals surface area contributed by atoms with E-state index >= 15 is 0 Å². The van der Waals surface area contributed by atoms with Crippen molar-refractivity contribution < 1.29 is 9.94 Å². The lowest BCUT2D eigenvalue weighted by Crippen LogP contribution is -2.16. The Balaban J connectivity index is 2.16. The molecule has 0 bridgehead atoms. The highest BCUT2D eigenvalue weighted by atomic mass is 35.5. The minimum atomic E-state index is -0.0870. The molecule has 0 aliphatic carbocycles. The Hall–Kier alpha value is -2.34. The number of rotatable bonds is 4. The summed E-state index contributed by atoms with van der Waals surface area (Å²) in [5, 5.41) is 19.7. The molecule has 1 aromatic heterocycles. The van der Waals surface area contributed by atoms with Gasteiger partial charge < -0.3 is 15.7 Å². The van der Waals surface area contributed by atoms with Gasteiger partial charge >= 0.3 is 0 Å². The van der Waals surface area contributed by atoms with Crippen molar-refractivity contribution in [2.75, 3.05) is 0 Å². The lowest BCUT2D eigenvalue weighted by atomic mass is 10.2. The summed E-state index contributed by atoms with van der Waals surface area (Å²) in [7, 11) is 0. The van der Waals surface area contributed by atoms with Crippen molar-refractivity contribution in [1.29, 1.82) is 0 Å². The van der Waals surface area contributed by atoms with E-state index in [0.717, 1.165) is 5.56 Å². The van der Waals surface area contributed by atoms with Crippen LogP contribution in [0.15, 0.2) is 41.7 Å². The van der Waals surface area contributed by atoms with E-state index in [1.165, 1.54) is 6.20 Å². The van der Waals surface area contributed by atoms with E-state index in [-0.39, 0.29) is 18.3 Å². The highest BCUT2D eigenvalue weighted by molar-refractivity contribution is 6.30. The molecule has 0 radical (unpaired) electrons. The van der Waals surface area contributed by atoms with E-state index < -0.39 is 0 Å². The molecule has 1 aromatic carbocycles. The molecule has 0 unspecified atom stereocenters. The van der Waals surface area contributed by atoms with Crippen molar-refractivity contribution in [3.8, 4) is 5.88 Å². The maximum absolute atomic E-state index is 8.68. The van der Waals surface area contributed by atoms with Crippen LogP contribution in [0.4, 0.5) is 0 Å². The van der Waals surface area contributed by atoms with Crippen LogP contribution in [0.1, 0.15) is 11.1 Å². The zero-order valence-corrected chi connectivity index (χ0v) is 10.6. The molecule has 3 N–H and O–H groups in total. The predicted molar refractivity (Wildman–Crippen MR) is 70.3 cm³/mol. The first-order valence-corrected chi connectivity index (χ1v) is 5.75. The zero-order chi connectivity index (χ0) is 13.7. The number of ether oxygens (including phenoxy) is 1. The summed E-state index contributed by atoms with van der Waals surface area (Å²) in [6.07, 6.45) is 1.43. The molecule has 1 heterocycles. The van der Waals surface area contributed by atoms with Crippen molar-refractivity contribution in [3.05, 3.63) is 52.7 Å². The van der Waals surface area contributed by atoms with Crippen molar-refractivity contribution >= 4 is 17.4 Å². The molecular formula is C12H11ClN4O2. The van der Waals surface area contributed by atoms with E-state index in [4.69, 9.17) is 27.3 Å². The van der Waals surface area contributed by atoms with Crippen molar-refractivity contribution in [3.63, 3.8) is 0 Å². The normalized spacial score (nSPS) is 11.3. The van der Waals surface area contributed by atoms with Gasteiger partial charge in [0.1, 0.15) is 6.61 Å². The van der Waals surface area contributed by atoms with E-state index in [0.29, 0.717) is 10.6 Å². The second kappa shape index (κ2) is 6.01. The number of hydrogen-bond donors (Lipinski definition) is 2. The Morgan fingerprint density at radius 3 is 3.00 bits per heavy atom. The third kappa shape index (κ3) is 3.32. The van der Waals surface area contributed by atoms with Gasteiger partial charge in [0.15, 0.2) is 5.84 Å². The molecular weight excluding hydrogens is 268 g/mol. The van der Waals surface area contributed by atoms with Crippen LogP contribution in [-0.4, -0.2) is 21.2 Å². The van der Waals surface area contributed by atoms with Gasteiger partial charge in [-0.3, -0.25) is 0 Å². The molecule has 7 heteroatoms. The van der Waals surface area contributed by atoms with E-state index in [1.54, 1.807) is 18.2 Å². The van der Waals surface area contributed by atoms with Gasteiger partial charge in [0.2, 0.25) is 5.88 Å². The third-order valence-electron chi connectivity index (χ3n) is 2.34. The fraction of sp³-hybridized carbons (Fsp3) is 0.0833. The van der Waals surface area contributed by atoms with Crippen LogP contribution >= 0.6 is 11.6 Å². The summed E-state index contributed by atoms with van der Waals surface area (Å²) in [6.45, 7) is 0.255. The number of oxime groups is 1. The first kappa shape index (κ1) is 13.1. The van der Waals surface area contributed by atoms with Crippen LogP contribution in [0.25, 0.3) is 0 Å². The Labute approximate surface area is 114 Å². The topological polar surface area (TPSA) is 93.6 Å². The van der Waals surface area contributed by atoms with Gasteiger partial charge in [-0.15, -0.1) is 5.10 Å². The zero-order valence-electron chi connectivity index (χ0n) is 9.82. The molecule has 0 aliphatic heterocycles. The summed E-state index contributed by atoms with van der Waals surface area (Å²) in [5.74, 6) is 0.105. The maximum atomic E-state index is 8.68. The summed E-state index contributed by atoms with van der Waals surface area (Å²) in [6, 6.07) is 8.79. The average Bonchev–Trinajstić information content (AvgIpc) is 2.45. The summed E-state index contributed by atoms with van der Waals surface area (Å²) >= 11 is 5.88. The van der Waals surface area contributed by atoms with E-state index in [9.17, 15) is 0 Å². The molecule has 0 aliphatic rings. The van der Waals surface area contributed by atoms with Crippen LogP contribution in [0.3, 0.4) is 0 Å². The van der Waals surface area contributed by atoms with Crippen LogP contribution in [0.5, 0.6) is 5.88 Å². The van der Waals surface area contributed by atoms with Crippen molar-refractivity contribution in [1.82, 2.24) is 10.2 Å². The third-order valence-corrected chi connectivity index (χ3v) is 2.57. The summed E-state index contributed by atoms with van der Waals surface area (Å²) < 4.78 is 5.50. The van der Waals surface area contributed by atoms with Gasteiger partial charge in [-0.05, 0) is 23.8 Å². The number of benzene rings is 1. The highest BCUT2D eigenvalue weighted by Gasteiger charge is 2.10. The van der Waals surface area contributed by atoms with Crippen LogP contribution < -0.4 is 10.5 Å². The molecule has 98 valence electrons. The first-order chi connectivity index (χ1) is 9.20. The summed E-state index contributed by atoms with van der Waals surface area (Å²) in [4.78, 5) is 0. The molecule has 6 nitrogen and oxygen atoms in total. The smallest absolute Gasteiger partial charge is 0.244 e. The molecule has 0 spiro atoms. The van der Waals surface area contributed by atoms with E-state index in [2.05, 4.69) is 15.4 Å². The van der Waals surface area contributed by atoms with Crippen LogP contribution in [-0.2, 0) is 6.61 Å². The molecule has 0 atom stereocenters. The van der Waals surface area contributed by atoms with E-state index in [1.807, 2.05) is 12.1 Å². The van der Waals surface area contributed by atoms with Crippen molar-refractivity contribution in [2.24, 2.45) is 10.9 Å². The van der Waals surface area contributed by atoms with Gasteiger partial charge in [-0.1, -0.05) is 28.9 Å². The second-order valence-electron chi connectivity index (χ2n) is 3.65. The fourth-order valence-corrected chi connectivity index (χ4v) is 1.67. The summed E-state index contributed by atoms with van der Waals surface area (Å²) in [5.41, 5.74) is 6.77. The molecule has 0 saturated carbocycles. The lowest BCUT2D eigenvalue weighted by molar-refractivity contribution is 0.288. The number of hydrogen-bond acceptors (Lipinski definition) is 5. The van der Waals surface area contributed by atoms with Crippen molar-refractivity contribution in [2.45, 2.75) is 6.61 Å². The van der Waals surface area contributed by atoms with Crippen LogP contribution in [0, 0.1) is 0 Å². The quantitative estimate of drug-likeness (QED) is 0.385. The van der Waals surface area contributed by atoms with Gasteiger partial charge in [-0.2, -0.15) is 5.10 Å². The number of halogens is 1. The Kier molecular flexibility index (Phi) is 4.15. The highest BCUT2D eigenvalue weighted by Crippen LogP contribution is 2.16. The largest absolute Gasteiger partial charge is 0.471 e. The lowest BCUT2D eigenvalue weighted by Gasteiger charge is -2.08. The number of aromatic nitrogens is 2. The second-order valence-corrected chi connectivity index (χ2v) is 4.09. The first-order valence-electron chi connectivity index (χ1n) is 5.37. The number of nitrogens with zero attached hydrogens (tertiary/aromatic N) is 3. The molecule has 2 rings (SSSR count). The monoisotopic (exact) mass is 278 g/mol. The van der Waals surface area contributed by atoms with Gasteiger partial charge in [-0.25, -0.2) is 0 Å². The molecule has 0 saturated heterocycles. The Bertz CT molecular complexity index is 604. The number of nitrogens with two attached hydrogens (primary N) is 1. The van der Waals surface area contributed by atoms with Gasteiger partial charge in [0.05, 0.1) is 11.8 Å². The predicted octanol–water partition coefficient (Wildman–Crippen LogP) is 1.80. The van der Waals surface area contributed by atoms with Crippen LogP contribution in [0.2, 0.25) is 5.02 Å². The molecule has 19 heavy (non-hydrogen) atoms. The number of amidine groups is 1. The molecule has 2 aromatic rings. The average molecular weight is 279 g/mol. The standard InChI is InChI=1S/C12H11ClN4O2/c13-9-3-1-2-8(6-9)7-19-12-10(11(14)17-18)4-5-15-16-12/h1-6,18H,7H2,(H2,14,17).